The van der Waals surface area contributed by atoms with Crippen molar-refractivity contribution in [1.29, 1.82) is 0 Å². The molecule has 0 bridgehead atoms. The van der Waals surface area contributed by atoms with Gasteiger partial charge in [-0.3, -0.25) is 9.59 Å². The van der Waals surface area contributed by atoms with Gasteiger partial charge in [0, 0.05) is 0 Å². The lowest BCUT2D eigenvalue weighted by atomic mass is 10.2. The second-order valence-corrected chi connectivity index (χ2v) is 4.89. The highest BCUT2D eigenvalue weighted by molar-refractivity contribution is 5.65. The lowest BCUT2D eigenvalue weighted by molar-refractivity contribution is -0.104. The van der Waals surface area contributed by atoms with Gasteiger partial charge in [0.05, 0.1) is 0 Å². The van der Waals surface area contributed by atoms with Crippen molar-refractivity contribution in [2.24, 2.45) is 0 Å². The maximum atomic E-state index is 9.82. The Morgan fingerprint density at radius 1 is 0.545 bits per heavy atom. The highest BCUT2D eigenvalue weighted by Gasteiger charge is 1.80. The zero-order chi connectivity index (χ0) is 16.7. The van der Waals surface area contributed by atoms with Crippen LogP contribution in [0.4, 0.5) is 0 Å². The van der Waals surface area contributed by atoms with E-state index in [9.17, 15) is 9.59 Å². The van der Waals surface area contributed by atoms with E-state index in [0.29, 0.717) is 0 Å². The molecule has 0 saturated carbocycles. The first-order valence-electron chi connectivity index (χ1n) is 8.37. The van der Waals surface area contributed by atoms with Gasteiger partial charge in [0.15, 0.2) is 0 Å². The van der Waals surface area contributed by atoms with Crippen molar-refractivity contribution in [1.82, 2.24) is 0 Å². The van der Waals surface area contributed by atoms with Gasteiger partial charge in [0.25, 0.3) is 0 Å². The number of aldehydes is 2. The Balaban J connectivity index is 0. The molecule has 2 heteroatoms. The summed E-state index contributed by atoms with van der Waals surface area (Å²) in [6.07, 6.45) is 26.0. The summed E-state index contributed by atoms with van der Waals surface area (Å²) in [7, 11) is 0. The molecule has 0 N–H and O–H groups in total. The highest BCUT2D eigenvalue weighted by atomic mass is 16.1. The van der Waals surface area contributed by atoms with Gasteiger partial charge in [-0.05, 0) is 37.8 Å². The van der Waals surface area contributed by atoms with Crippen molar-refractivity contribution in [2.75, 3.05) is 0 Å². The minimum absolute atomic E-state index is 0.788. The zero-order valence-corrected chi connectivity index (χ0v) is 14.2. The fraction of sp³-hybridized carbons (Fsp3) is 0.500. The summed E-state index contributed by atoms with van der Waals surface area (Å²) in [4.78, 5) is 19.6. The summed E-state index contributed by atoms with van der Waals surface area (Å²) in [6.45, 7) is 4.38. The van der Waals surface area contributed by atoms with Crippen LogP contribution < -0.4 is 0 Å². The van der Waals surface area contributed by atoms with E-state index < -0.39 is 0 Å². The number of hydrogen-bond acceptors (Lipinski definition) is 2. The van der Waals surface area contributed by atoms with Crippen molar-refractivity contribution in [3.05, 3.63) is 48.6 Å². The molecule has 0 aliphatic carbocycles. The molecule has 0 fully saturated rings. The number of allylic oxidation sites excluding steroid dienone is 8. The third kappa shape index (κ3) is 26.8. The Morgan fingerprint density at radius 2 is 0.955 bits per heavy atom. The molecule has 0 radical (unpaired) electrons. The van der Waals surface area contributed by atoms with E-state index in [-0.39, 0.29) is 0 Å². The number of rotatable bonds is 12. The van der Waals surface area contributed by atoms with Crippen molar-refractivity contribution >= 4 is 12.6 Å². The van der Waals surface area contributed by atoms with Crippen molar-refractivity contribution < 1.29 is 9.59 Å². The van der Waals surface area contributed by atoms with Crippen molar-refractivity contribution in [3.8, 4) is 0 Å². The van der Waals surface area contributed by atoms with Crippen LogP contribution in [-0.2, 0) is 9.59 Å². The van der Waals surface area contributed by atoms with Gasteiger partial charge in [0.2, 0.25) is 0 Å². The average molecular weight is 304 g/mol. The number of carbonyl (C=O) groups is 2. The molecule has 0 aromatic rings. The Morgan fingerprint density at radius 3 is 1.27 bits per heavy atom. The van der Waals surface area contributed by atoms with Crippen LogP contribution in [0, 0.1) is 0 Å². The van der Waals surface area contributed by atoms with E-state index in [1.54, 1.807) is 12.2 Å². The minimum atomic E-state index is 0.788. The third-order valence-electron chi connectivity index (χ3n) is 2.82. The smallest absolute Gasteiger partial charge is 0.142 e. The first-order valence-corrected chi connectivity index (χ1v) is 8.37. The molecule has 0 aromatic heterocycles. The van der Waals surface area contributed by atoms with E-state index in [1.165, 1.54) is 50.7 Å². The molecule has 0 heterocycles. The Bertz CT molecular complexity index is 302. The molecule has 0 amide bonds. The molecular weight excluding hydrogens is 272 g/mol. The lowest BCUT2D eigenvalue weighted by Gasteiger charge is -1.89. The predicted octanol–water partition coefficient (Wildman–Crippen LogP) is 5.76. The molecule has 0 unspecified atom stereocenters. The summed E-state index contributed by atoms with van der Waals surface area (Å²) in [6, 6.07) is 0. The van der Waals surface area contributed by atoms with Gasteiger partial charge in [-0.1, -0.05) is 76.0 Å². The van der Waals surface area contributed by atoms with E-state index in [4.69, 9.17) is 0 Å². The van der Waals surface area contributed by atoms with Gasteiger partial charge in [0.1, 0.15) is 12.6 Å². The van der Waals surface area contributed by atoms with Crippen LogP contribution in [0.3, 0.4) is 0 Å². The van der Waals surface area contributed by atoms with Crippen molar-refractivity contribution in [2.45, 2.75) is 65.2 Å². The fourth-order valence-corrected chi connectivity index (χ4v) is 1.59. The molecular formula is C20H32O2. The van der Waals surface area contributed by atoms with Crippen LogP contribution in [0.2, 0.25) is 0 Å². The van der Waals surface area contributed by atoms with E-state index >= 15 is 0 Å². The van der Waals surface area contributed by atoms with Crippen LogP contribution in [0.15, 0.2) is 48.6 Å². The van der Waals surface area contributed by atoms with Crippen LogP contribution in [0.1, 0.15) is 65.2 Å². The van der Waals surface area contributed by atoms with Gasteiger partial charge >= 0.3 is 0 Å². The molecule has 22 heavy (non-hydrogen) atoms. The second kappa shape index (κ2) is 24.3. The zero-order valence-electron chi connectivity index (χ0n) is 14.2. The first kappa shape index (κ1) is 22.6. The van der Waals surface area contributed by atoms with Crippen LogP contribution in [-0.4, -0.2) is 12.6 Å². The number of unbranched alkanes of at least 4 members (excludes halogenated alkanes) is 6. The Labute approximate surface area is 136 Å². The Kier molecular flexibility index (Phi) is 25.0. The normalized spacial score (nSPS) is 11.4. The summed E-state index contributed by atoms with van der Waals surface area (Å²) in [5, 5.41) is 0. The van der Waals surface area contributed by atoms with Gasteiger partial charge in [-0.25, -0.2) is 0 Å². The predicted molar refractivity (Wildman–Crippen MR) is 97.0 cm³/mol. The van der Waals surface area contributed by atoms with Gasteiger partial charge < -0.3 is 0 Å². The minimum Gasteiger partial charge on any atom is -0.299 e. The summed E-state index contributed by atoms with van der Waals surface area (Å²) < 4.78 is 0. The molecule has 0 saturated heterocycles. The van der Waals surface area contributed by atoms with Crippen LogP contribution in [0.5, 0.6) is 0 Å². The van der Waals surface area contributed by atoms with Gasteiger partial charge in [-0.15, -0.1) is 0 Å². The van der Waals surface area contributed by atoms with E-state index in [2.05, 4.69) is 26.0 Å². The molecule has 0 rings (SSSR count). The topological polar surface area (TPSA) is 34.1 Å². The SMILES string of the molecule is CCCCC/C=C/C=C/C=O.CCCCC/C=C/C=C/C=O. The fourth-order valence-electron chi connectivity index (χ4n) is 1.59. The number of carbonyl (C=O) groups excluding carboxylic acids is 2. The van der Waals surface area contributed by atoms with E-state index in [1.807, 2.05) is 12.2 Å². The third-order valence-corrected chi connectivity index (χ3v) is 2.82. The first-order chi connectivity index (χ1) is 10.8. The van der Waals surface area contributed by atoms with Gasteiger partial charge in [-0.2, -0.15) is 0 Å². The summed E-state index contributed by atoms with van der Waals surface area (Å²) >= 11 is 0. The van der Waals surface area contributed by atoms with Crippen LogP contribution in [0.25, 0.3) is 0 Å². The standard InChI is InChI=1S/2C10H16O/c2*1-2-3-4-5-6-7-8-9-10-11/h2*6-10H,2-5H2,1H3/b2*7-6+,9-8+. The quantitative estimate of drug-likeness (QED) is 0.199. The highest BCUT2D eigenvalue weighted by Crippen LogP contribution is 1.99. The average Bonchev–Trinajstić information content (AvgIpc) is 2.54. The second-order valence-electron chi connectivity index (χ2n) is 4.89. The van der Waals surface area contributed by atoms with E-state index in [0.717, 1.165) is 25.4 Å². The molecule has 0 aliphatic heterocycles. The Hall–Kier alpha value is -1.70. The molecule has 0 aliphatic rings. The van der Waals surface area contributed by atoms with Crippen molar-refractivity contribution in [3.63, 3.8) is 0 Å². The summed E-state index contributed by atoms with van der Waals surface area (Å²) in [5.74, 6) is 0. The molecule has 0 spiro atoms. The largest absolute Gasteiger partial charge is 0.299 e. The summed E-state index contributed by atoms with van der Waals surface area (Å²) in [5.41, 5.74) is 0. The lowest BCUT2D eigenvalue weighted by Crippen LogP contribution is -1.69. The maximum absolute atomic E-state index is 9.82. The monoisotopic (exact) mass is 304 g/mol. The number of hydrogen-bond donors (Lipinski definition) is 0. The molecule has 0 aromatic carbocycles. The molecule has 2 nitrogen and oxygen atoms in total. The maximum Gasteiger partial charge on any atom is 0.142 e. The van der Waals surface area contributed by atoms with Crippen LogP contribution >= 0.6 is 0 Å². The molecule has 0 atom stereocenters. The molecule has 124 valence electrons.